The number of hydrogen-bond donors (Lipinski definition) is 1. The zero-order chi connectivity index (χ0) is 21.3. The fourth-order valence-corrected chi connectivity index (χ4v) is 4.89. The molecule has 1 aliphatic carbocycles. The van der Waals surface area contributed by atoms with E-state index in [-0.39, 0.29) is 5.91 Å². The van der Waals surface area contributed by atoms with Crippen molar-refractivity contribution < 1.29 is 9.18 Å². The van der Waals surface area contributed by atoms with Gasteiger partial charge in [0.1, 0.15) is 6.67 Å². The summed E-state index contributed by atoms with van der Waals surface area (Å²) in [5.41, 5.74) is 6.60. The SMILES string of the molecule is Cc1ccc(CF)c2c1CN(c1nc(C)c(NC(=O)CC3CCCC3)c(C)n1)CC2. The number of halogens is 1. The van der Waals surface area contributed by atoms with Gasteiger partial charge >= 0.3 is 0 Å². The molecular formula is C24H31FN4O. The van der Waals surface area contributed by atoms with E-state index < -0.39 is 6.67 Å². The van der Waals surface area contributed by atoms with Crippen molar-refractivity contribution in [1.82, 2.24) is 9.97 Å². The number of benzene rings is 1. The summed E-state index contributed by atoms with van der Waals surface area (Å²) in [6.07, 6.45) is 6.15. The Morgan fingerprint density at radius 1 is 1.13 bits per heavy atom. The molecule has 1 aliphatic heterocycles. The van der Waals surface area contributed by atoms with Crippen molar-refractivity contribution in [3.05, 3.63) is 45.8 Å². The Morgan fingerprint density at radius 3 is 2.50 bits per heavy atom. The van der Waals surface area contributed by atoms with Crippen molar-refractivity contribution >= 4 is 17.5 Å². The Labute approximate surface area is 178 Å². The predicted octanol–water partition coefficient (Wildman–Crippen LogP) is 4.95. The van der Waals surface area contributed by atoms with Crippen molar-refractivity contribution in [1.29, 1.82) is 0 Å². The van der Waals surface area contributed by atoms with Crippen molar-refractivity contribution in [3.8, 4) is 0 Å². The Morgan fingerprint density at radius 2 is 1.83 bits per heavy atom. The molecule has 0 bridgehead atoms. The second-order valence-electron chi connectivity index (χ2n) is 8.78. The average Bonchev–Trinajstić information content (AvgIpc) is 3.23. The van der Waals surface area contributed by atoms with Gasteiger partial charge in [0, 0.05) is 19.5 Å². The van der Waals surface area contributed by atoms with Gasteiger partial charge in [-0.2, -0.15) is 0 Å². The van der Waals surface area contributed by atoms with Crippen LogP contribution in [0.3, 0.4) is 0 Å². The number of aryl methyl sites for hydroxylation is 3. The van der Waals surface area contributed by atoms with E-state index >= 15 is 0 Å². The molecule has 1 saturated carbocycles. The number of anilines is 2. The minimum absolute atomic E-state index is 0.0609. The van der Waals surface area contributed by atoms with Crippen LogP contribution >= 0.6 is 0 Å². The molecule has 1 N–H and O–H groups in total. The summed E-state index contributed by atoms with van der Waals surface area (Å²) in [4.78, 5) is 24.1. The predicted molar refractivity (Wildman–Crippen MR) is 117 cm³/mol. The van der Waals surface area contributed by atoms with E-state index in [9.17, 15) is 9.18 Å². The largest absolute Gasteiger partial charge is 0.336 e. The number of amides is 1. The van der Waals surface area contributed by atoms with E-state index in [0.717, 1.165) is 54.0 Å². The van der Waals surface area contributed by atoms with E-state index in [2.05, 4.69) is 17.1 Å². The molecule has 30 heavy (non-hydrogen) atoms. The maximum Gasteiger partial charge on any atom is 0.226 e. The lowest BCUT2D eigenvalue weighted by molar-refractivity contribution is -0.117. The molecule has 0 spiro atoms. The molecule has 1 fully saturated rings. The lowest BCUT2D eigenvalue weighted by atomic mass is 9.91. The summed E-state index contributed by atoms with van der Waals surface area (Å²) < 4.78 is 13.4. The minimum Gasteiger partial charge on any atom is -0.336 e. The number of nitrogens with one attached hydrogen (secondary N) is 1. The lowest BCUT2D eigenvalue weighted by Crippen LogP contribution is -2.33. The number of rotatable bonds is 5. The Hall–Kier alpha value is -2.50. The number of hydrogen-bond acceptors (Lipinski definition) is 4. The molecule has 2 heterocycles. The quantitative estimate of drug-likeness (QED) is 0.757. The van der Waals surface area contributed by atoms with Crippen molar-refractivity contribution in [2.75, 3.05) is 16.8 Å². The molecule has 5 nitrogen and oxygen atoms in total. The van der Waals surface area contributed by atoms with Crippen LogP contribution in [-0.2, 0) is 24.4 Å². The summed E-state index contributed by atoms with van der Waals surface area (Å²) >= 11 is 0. The zero-order valence-electron chi connectivity index (χ0n) is 18.2. The van der Waals surface area contributed by atoms with Gasteiger partial charge in [0.2, 0.25) is 11.9 Å². The van der Waals surface area contributed by atoms with Crippen LogP contribution in [-0.4, -0.2) is 22.4 Å². The van der Waals surface area contributed by atoms with Crippen LogP contribution in [0.5, 0.6) is 0 Å². The molecule has 0 saturated heterocycles. The van der Waals surface area contributed by atoms with Crippen LogP contribution in [0.15, 0.2) is 12.1 Å². The van der Waals surface area contributed by atoms with E-state index in [1.807, 2.05) is 26.0 Å². The summed E-state index contributed by atoms with van der Waals surface area (Å²) in [6, 6.07) is 3.90. The number of nitrogens with zero attached hydrogens (tertiary/aromatic N) is 3. The number of fused-ring (bicyclic) bond motifs is 1. The van der Waals surface area contributed by atoms with Gasteiger partial charge in [-0.25, -0.2) is 14.4 Å². The fraction of sp³-hybridized carbons (Fsp3) is 0.542. The zero-order valence-corrected chi connectivity index (χ0v) is 18.2. The first kappa shape index (κ1) is 20.8. The highest BCUT2D eigenvalue weighted by molar-refractivity contribution is 5.92. The number of carbonyl (C=O) groups excluding carboxylic acids is 1. The summed E-state index contributed by atoms with van der Waals surface area (Å²) in [7, 11) is 0. The molecule has 6 heteroatoms. The second kappa shape index (κ2) is 8.70. The maximum absolute atomic E-state index is 13.4. The summed E-state index contributed by atoms with van der Waals surface area (Å²) in [6.45, 7) is 6.94. The van der Waals surface area contributed by atoms with Crippen LogP contribution in [0, 0.1) is 26.7 Å². The van der Waals surface area contributed by atoms with E-state index in [1.54, 1.807) is 0 Å². The molecule has 1 aromatic carbocycles. The van der Waals surface area contributed by atoms with Crippen molar-refractivity contribution in [2.24, 2.45) is 5.92 Å². The van der Waals surface area contributed by atoms with Gasteiger partial charge in [0.25, 0.3) is 0 Å². The molecular weight excluding hydrogens is 379 g/mol. The third-order valence-electron chi connectivity index (χ3n) is 6.64. The maximum atomic E-state index is 13.4. The molecule has 1 aromatic heterocycles. The van der Waals surface area contributed by atoms with Crippen LogP contribution in [0.1, 0.15) is 65.7 Å². The van der Waals surface area contributed by atoms with Crippen molar-refractivity contribution in [3.63, 3.8) is 0 Å². The van der Waals surface area contributed by atoms with Gasteiger partial charge in [-0.3, -0.25) is 4.79 Å². The van der Waals surface area contributed by atoms with Gasteiger partial charge < -0.3 is 10.2 Å². The molecule has 2 aliphatic rings. The molecule has 1 amide bonds. The highest BCUT2D eigenvalue weighted by atomic mass is 19.1. The first-order valence-corrected chi connectivity index (χ1v) is 11.0. The summed E-state index contributed by atoms with van der Waals surface area (Å²) in [5, 5.41) is 3.05. The van der Waals surface area contributed by atoms with Gasteiger partial charge in [-0.15, -0.1) is 0 Å². The third kappa shape index (κ3) is 4.18. The smallest absolute Gasteiger partial charge is 0.226 e. The highest BCUT2D eigenvalue weighted by Crippen LogP contribution is 2.31. The van der Waals surface area contributed by atoms with E-state index in [1.165, 1.54) is 24.0 Å². The van der Waals surface area contributed by atoms with Crippen LogP contribution in [0.4, 0.5) is 16.0 Å². The Kier molecular flexibility index (Phi) is 6.02. The fourth-order valence-electron chi connectivity index (χ4n) is 4.89. The van der Waals surface area contributed by atoms with Crippen LogP contribution in [0.25, 0.3) is 0 Å². The molecule has 0 radical (unpaired) electrons. The molecule has 2 aromatic rings. The standard InChI is InChI=1S/C24H31FN4O/c1-15-8-9-19(13-25)20-10-11-29(14-21(15)20)24-26-16(2)23(17(3)27-24)28-22(30)12-18-6-4-5-7-18/h8-9,18H,4-7,10-14H2,1-3H3,(H,28,30). The number of alkyl halides is 1. The topological polar surface area (TPSA) is 58.1 Å². The van der Waals surface area contributed by atoms with Gasteiger partial charge in [-0.05, 0) is 68.2 Å². The Bertz CT molecular complexity index is 929. The Balaban J connectivity index is 1.51. The van der Waals surface area contributed by atoms with Crippen LogP contribution in [0.2, 0.25) is 0 Å². The number of carbonyl (C=O) groups is 1. The number of aromatic nitrogens is 2. The average molecular weight is 411 g/mol. The van der Waals surface area contributed by atoms with Crippen LogP contribution < -0.4 is 10.2 Å². The normalized spacial score (nSPS) is 16.6. The second-order valence-corrected chi connectivity index (χ2v) is 8.78. The summed E-state index contributed by atoms with van der Waals surface area (Å²) in [5.74, 6) is 1.25. The first-order valence-electron chi connectivity index (χ1n) is 11.0. The monoisotopic (exact) mass is 410 g/mol. The highest BCUT2D eigenvalue weighted by Gasteiger charge is 2.24. The lowest BCUT2D eigenvalue weighted by Gasteiger charge is -2.31. The minimum atomic E-state index is -0.424. The molecule has 4 rings (SSSR count). The van der Waals surface area contributed by atoms with Gasteiger partial charge in [0.05, 0.1) is 17.1 Å². The third-order valence-corrected chi connectivity index (χ3v) is 6.64. The van der Waals surface area contributed by atoms with Gasteiger partial charge in [0.15, 0.2) is 0 Å². The molecule has 160 valence electrons. The van der Waals surface area contributed by atoms with E-state index in [0.29, 0.717) is 24.8 Å². The molecule has 0 unspecified atom stereocenters. The van der Waals surface area contributed by atoms with Gasteiger partial charge in [-0.1, -0.05) is 25.0 Å². The van der Waals surface area contributed by atoms with E-state index in [4.69, 9.17) is 9.97 Å². The van der Waals surface area contributed by atoms with Crippen molar-refractivity contribution in [2.45, 2.75) is 72.5 Å². The first-order chi connectivity index (χ1) is 14.5. The molecule has 0 atom stereocenters.